The van der Waals surface area contributed by atoms with Crippen LogP contribution in [0.2, 0.25) is 0 Å². The second kappa shape index (κ2) is 10.7. The van der Waals surface area contributed by atoms with Gasteiger partial charge in [-0.25, -0.2) is 0 Å². The highest BCUT2D eigenvalue weighted by Gasteiger charge is 2.31. The number of hydrogen-bond acceptors (Lipinski definition) is 7. The molecule has 172 valence electrons. The first kappa shape index (κ1) is 23.2. The molecule has 1 fully saturated rings. The lowest BCUT2D eigenvalue weighted by Gasteiger charge is -2.32. The molecule has 32 heavy (non-hydrogen) atoms. The van der Waals surface area contributed by atoms with Crippen LogP contribution >= 0.6 is 0 Å². The molecule has 2 aromatic rings. The number of carbonyl (C=O) groups is 4. The molecule has 0 saturated carbocycles. The predicted molar refractivity (Wildman–Crippen MR) is 115 cm³/mol. The lowest BCUT2D eigenvalue weighted by molar-refractivity contribution is -0.160. The van der Waals surface area contributed by atoms with Crippen molar-refractivity contribution in [3.8, 4) is 0 Å². The Balaban J connectivity index is 1.39. The van der Waals surface area contributed by atoms with Crippen LogP contribution in [-0.2, 0) is 23.9 Å². The first-order valence-corrected chi connectivity index (χ1v) is 10.8. The van der Waals surface area contributed by atoms with Gasteiger partial charge < -0.3 is 19.7 Å². The van der Waals surface area contributed by atoms with Crippen LogP contribution in [0.3, 0.4) is 0 Å². The Hall–Kier alpha value is -3.43. The molecule has 1 aromatic heterocycles. The summed E-state index contributed by atoms with van der Waals surface area (Å²) in [6.07, 6.45) is 0.0437. The van der Waals surface area contributed by atoms with Crippen LogP contribution in [0.4, 0.5) is 0 Å². The fourth-order valence-electron chi connectivity index (χ4n) is 3.66. The average molecular weight is 444 g/mol. The summed E-state index contributed by atoms with van der Waals surface area (Å²) in [5.41, 5.74) is 0.999. The average Bonchev–Trinajstić information content (AvgIpc) is 3.23. The van der Waals surface area contributed by atoms with Gasteiger partial charge in [0.15, 0.2) is 11.8 Å². The van der Waals surface area contributed by atoms with Gasteiger partial charge in [0.05, 0.1) is 24.5 Å². The molecule has 0 spiro atoms. The third kappa shape index (κ3) is 5.63. The van der Waals surface area contributed by atoms with Crippen molar-refractivity contribution in [1.29, 1.82) is 0 Å². The van der Waals surface area contributed by atoms with Crippen molar-refractivity contribution >= 4 is 34.7 Å². The van der Waals surface area contributed by atoms with Gasteiger partial charge in [-0.3, -0.25) is 24.3 Å². The van der Waals surface area contributed by atoms with Crippen LogP contribution < -0.4 is 5.32 Å². The zero-order chi connectivity index (χ0) is 23.1. The Morgan fingerprint density at radius 1 is 1.22 bits per heavy atom. The lowest BCUT2D eigenvalue weighted by atomic mass is 9.97. The molecule has 10 nitrogen and oxygen atoms in total. The number of amides is 2. The number of piperidine rings is 1. The van der Waals surface area contributed by atoms with Crippen LogP contribution in [0.15, 0.2) is 24.3 Å². The fraction of sp³-hybridized carbons (Fsp3) is 0.500. The Labute approximate surface area is 185 Å². The number of carbonyl (C=O) groups excluding carboxylic acids is 4. The summed E-state index contributed by atoms with van der Waals surface area (Å²) in [7, 11) is 0. The highest BCUT2D eigenvalue weighted by molar-refractivity contribution is 6.04. The van der Waals surface area contributed by atoms with E-state index in [-0.39, 0.29) is 36.5 Å². The van der Waals surface area contributed by atoms with Crippen molar-refractivity contribution in [1.82, 2.24) is 20.4 Å². The number of hydrogen-bond donors (Lipinski definition) is 2. The van der Waals surface area contributed by atoms with Crippen molar-refractivity contribution in [2.45, 2.75) is 39.2 Å². The van der Waals surface area contributed by atoms with E-state index in [0.29, 0.717) is 37.9 Å². The molecular formula is C22H28N4O6. The van der Waals surface area contributed by atoms with Crippen molar-refractivity contribution < 1.29 is 28.7 Å². The van der Waals surface area contributed by atoms with Crippen molar-refractivity contribution in [2.75, 3.05) is 26.2 Å². The van der Waals surface area contributed by atoms with E-state index in [9.17, 15) is 19.2 Å². The Bertz CT molecular complexity index is 980. The summed E-state index contributed by atoms with van der Waals surface area (Å²) >= 11 is 0. The van der Waals surface area contributed by atoms with E-state index < -0.39 is 18.0 Å². The third-order valence-corrected chi connectivity index (χ3v) is 5.38. The number of rotatable bonds is 8. The summed E-state index contributed by atoms with van der Waals surface area (Å²) < 4.78 is 10.3. The van der Waals surface area contributed by atoms with Crippen LogP contribution in [0.5, 0.6) is 0 Å². The van der Waals surface area contributed by atoms with E-state index in [4.69, 9.17) is 9.47 Å². The minimum absolute atomic E-state index is 0.0602. The molecular weight excluding hydrogens is 416 g/mol. The Morgan fingerprint density at radius 3 is 2.66 bits per heavy atom. The fourth-order valence-corrected chi connectivity index (χ4v) is 3.66. The van der Waals surface area contributed by atoms with Gasteiger partial charge in [-0.2, -0.15) is 5.10 Å². The zero-order valence-electron chi connectivity index (χ0n) is 18.3. The maximum atomic E-state index is 12.5. The lowest BCUT2D eigenvalue weighted by Crippen LogP contribution is -2.45. The minimum Gasteiger partial charge on any atom is -0.466 e. The van der Waals surface area contributed by atoms with Gasteiger partial charge >= 0.3 is 11.9 Å². The maximum absolute atomic E-state index is 12.5. The van der Waals surface area contributed by atoms with E-state index in [0.717, 1.165) is 5.52 Å². The monoisotopic (exact) mass is 444 g/mol. The number of fused-ring (bicyclic) bond motifs is 1. The molecule has 1 atom stereocenters. The van der Waals surface area contributed by atoms with Gasteiger partial charge in [0.1, 0.15) is 0 Å². The molecule has 2 amide bonds. The summed E-state index contributed by atoms with van der Waals surface area (Å²) in [5.74, 6) is -1.72. The van der Waals surface area contributed by atoms with Crippen molar-refractivity contribution in [3.05, 3.63) is 30.0 Å². The minimum atomic E-state index is -0.937. The number of aromatic amines is 1. The van der Waals surface area contributed by atoms with E-state index in [1.807, 2.05) is 18.2 Å². The van der Waals surface area contributed by atoms with E-state index in [1.54, 1.807) is 17.9 Å². The first-order valence-electron chi connectivity index (χ1n) is 10.8. The molecule has 1 saturated heterocycles. The van der Waals surface area contributed by atoms with Gasteiger partial charge in [0.2, 0.25) is 0 Å². The number of esters is 2. The predicted octanol–water partition coefficient (Wildman–Crippen LogP) is 1.42. The molecule has 0 bridgehead atoms. The summed E-state index contributed by atoms with van der Waals surface area (Å²) in [6, 6.07) is 7.24. The molecule has 2 heterocycles. The Kier molecular flexibility index (Phi) is 7.80. The number of nitrogens with one attached hydrogen (secondary N) is 2. The molecule has 10 heteroatoms. The van der Waals surface area contributed by atoms with Crippen molar-refractivity contribution in [2.24, 2.45) is 5.92 Å². The number of para-hydroxylation sites is 1. The second-order valence-corrected chi connectivity index (χ2v) is 7.61. The van der Waals surface area contributed by atoms with Crippen LogP contribution in [0, 0.1) is 5.92 Å². The first-order chi connectivity index (χ1) is 15.4. The topological polar surface area (TPSA) is 131 Å². The van der Waals surface area contributed by atoms with Gasteiger partial charge in [0, 0.05) is 25.0 Å². The number of likely N-dealkylation sites (tertiary alicyclic amines) is 1. The molecule has 1 unspecified atom stereocenters. The number of aromatic nitrogens is 2. The molecule has 1 aliphatic heterocycles. The van der Waals surface area contributed by atoms with Crippen LogP contribution in [-0.4, -0.2) is 71.2 Å². The summed E-state index contributed by atoms with van der Waals surface area (Å²) in [4.78, 5) is 50.4. The molecule has 3 rings (SSSR count). The summed E-state index contributed by atoms with van der Waals surface area (Å²) in [5, 5.41) is 10.1. The molecule has 2 N–H and O–H groups in total. The van der Waals surface area contributed by atoms with Gasteiger partial charge in [0.25, 0.3) is 11.8 Å². The Morgan fingerprint density at radius 2 is 1.94 bits per heavy atom. The summed E-state index contributed by atoms with van der Waals surface area (Å²) in [6.45, 7) is 4.51. The van der Waals surface area contributed by atoms with E-state index >= 15 is 0 Å². The number of nitrogens with zero attached hydrogens (tertiary/aromatic N) is 2. The van der Waals surface area contributed by atoms with Crippen LogP contribution in [0.1, 0.15) is 43.6 Å². The van der Waals surface area contributed by atoms with Gasteiger partial charge in [-0.1, -0.05) is 18.2 Å². The molecule has 0 aliphatic carbocycles. The van der Waals surface area contributed by atoms with Gasteiger partial charge in [-0.15, -0.1) is 0 Å². The maximum Gasteiger partial charge on any atom is 0.309 e. The number of H-pyrrole nitrogens is 1. The smallest absolute Gasteiger partial charge is 0.309 e. The highest BCUT2D eigenvalue weighted by Crippen LogP contribution is 2.20. The second-order valence-electron chi connectivity index (χ2n) is 7.61. The van der Waals surface area contributed by atoms with E-state index in [1.165, 1.54) is 6.92 Å². The number of ether oxygens (including phenoxy) is 2. The molecule has 1 aromatic carbocycles. The molecule has 1 aliphatic rings. The standard InChI is InChI=1S/C22H28N4O6/c1-3-31-22(30)15-9-12-26(13-10-15)21(29)14(2)32-18(27)8-11-23-20(28)19-16-6-4-5-7-17(16)24-25-19/h4-7,14-15H,3,8-13H2,1-2H3,(H,23,28)(H,24,25). The largest absolute Gasteiger partial charge is 0.466 e. The number of benzene rings is 1. The van der Waals surface area contributed by atoms with Crippen molar-refractivity contribution in [3.63, 3.8) is 0 Å². The third-order valence-electron chi connectivity index (χ3n) is 5.38. The molecule has 0 radical (unpaired) electrons. The highest BCUT2D eigenvalue weighted by atomic mass is 16.5. The van der Waals surface area contributed by atoms with Crippen LogP contribution in [0.25, 0.3) is 10.9 Å². The quantitative estimate of drug-likeness (QED) is 0.589. The zero-order valence-corrected chi connectivity index (χ0v) is 18.3. The van der Waals surface area contributed by atoms with Gasteiger partial charge in [-0.05, 0) is 32.8 Å². The SMILES string of the molecule is CCOC(=O)C1CCN(C(=O)C(C)OC(=O)CCNC(=O)c2n[nH]c3ccccc23)CC1. The normalized spacial score (nSPS) is 15.2. The van der Waals surface area contributed by atoms with E-state index in [2.05, 4.69) is 15.5 Å².